The minimum Gasteiger partial charge on any atom is -0.378 e. The first-order chi connectivity index (χ1) is 8.15. The zero-order valence-corrected chi connectivity index (χ0v) is 11.7. The first-order valence-corrected chi connectivity index (χ1v) is 7.52. The molecule has 17 heavy (non-hydrogen) atoms. The summed E-state index contributed by atoms with van der Waals surface area (Å²) < 4.78 is 5.62. The van der Waals surface area contributed by atoms with Gasteiger partial charge in [-0.05, 0) is 44.4 Å². The lowest BCUT2D eigenvalue weighted by molar-refractivity contribution is 0.00935. The lowest BCUT2D eigenvalue weighted by atomic mass is 9.79. The van der Waals surface area contributed by atoms with Crippen LogP contribution in [0.15, 0.2) is 0 Å². The van der Waals surface area contributed by atoms with Crippen LogP contribution < -0.4 is 5.32 Å². The second-order valence-electron chi connectivity index (χ2n) is 6.44. The average Bonchev–Trinajstić information content (AvgIpc) is 2.29. The van der Waals surface area contributed by atoms with E-state index >= 15 is 0 Å². The monoisotopic (exact) mass is 239 g/mol. The molecule has 4 unspecified atom stereocenters. The average molecular weight is 239 g/mol. The molecule has 0 bridgehead atoms. The fourth-order valence-corrected chi connectivity index (χ4v) is 3.47. The van der Waals surface area contributed by atoms with Crippen LogP contribution in [0.25, 0.3) is 0 Å². The maximum atomic E-state index is 5.62. The summed E-state index contributed by atoms with van der Waals surface area (Å²) in [5.41, 5.74) is 0. The Kier molecular flexibility index (Phi) is 4.87. The van der Waals surface area contributed by atoms with Gasteiger partial charge in [-0.15, -0.1) is 0 Å². The van der Waals surface area contributed by atoms with Gasteiger partial charge in [0.15, 0.2) is 0 Å². The summed E-state index contributed by atoms with van der Waals surface area (Å²) in [6.45, 7) is 7.90. The first kappa shape index (κ1) is 13.4. The van der Waals surface area contributed by atoms with Gasteiger partial charge in [0.05, 0.1) is 6.10 Å². The summed E-state index contributed by atoms with van der Waals surface area (Å²) in [6.07, 6.45) is 8.49. The van der Waals surface area contributed by atoms with Gasteiger partial charge in [-0.1, -0.05) is 26.7 Å². The van der Waals surface area contributed by atoms with Crippen LogP contribution in [-0.4, -0.2) is 24.8 Å². The van der Waals surface area contributed by atoms with Gasteiger partial charge in [0.1, 0.15) is 0 Å². The van der Waals surface area contributed by atoms with Crippen molar-refractivity contribution in [3.8, 4) is 0 Å². The Morgan fingerprint density at radius 2 is 1.82 bits per heavy atom. The van der Waals surface area contributed by atoms with Crippen molar-refractivity contribution in [1.82, 2.24) is 5.32 Å². The molecule has 1 aliphatic heterocycles. The number of rotatable bonds is 3. The van der Waals surface area contributed by atoms with E-state index in [4.69, 9.17) is 4.74 Å². The molecule has 1 saturated heterocycles. The minimum atomic E-state index is 0.450. The molecule has 0 amide bonds. The predicted octanol–water partition coefficient (Wildman–Crippen LogP) is 3.36. The normalized spacial score (nSPS) is 39.5. The van der Waals surface area contributed by atoms with Crippen molar-refractivity contribution >= 4 is 0 Å². The zero-order valence-electron chi connectivity index (χ0n) is 11.7. The zero-order chi connectivity index (χ0) is 12.3. The van der Waals surface area contributed by atoms with E-state index in [0.29, 0.717) is 12.1 Å². The number of hydrogen-bond donors (Lipinski definition) is 1. The van der Waals surface area contributed by atoms with E-state index in [1.54, 1.807) is 0 Å². The first-order valence-electron chi connectivity index (χ1n) is 7.52. The Balaban J connectivity index is 1.78. The highest BCUT2D eigenvalue weighted by atomic mass is 16.5. The lowest BCUT2D eigenvalue weighted by Crippen LogP contribution is -2.45. The highest BCUT2D eigenvalue weighted by Gasteiger charge is 2.27. The van der Waals surface area contributed by atoms with Crippen molar-refractivity contribution in [2.75, 3.05) is 6.61 Å². The van der Waals surface area contributed by atoms with E-state index in [1.165, 1.54) is 38.5 Å². The maximum Gasteiger partial charge on any atom is 0.0561 e. The Labute approximate surface area is 107 Å². The smallest absolute Gasteiger partial charge is 0.0561 e. The Morgan fingerprint density at radius 3 is 2.53 bits per heavy atom. The van der Waals surface area contributed by atoms with Gasteiger partial charge in [-0.2, -0.15) is 0 Å². The number of nitrogens with one attached hydrogen (secondary N) is 1. The summed E-state index contributed by atoms with van der Waals surface area (Å²) in [7, 11) is 0. The largest absolute Gasteiger partial charge is 0.378 e. The lowest BCUT2D eigenvalue weighted by Gasteiger charge is -2.36. The van der Waals surface area contributed by atoms with Crippen LogP contribution in [0.3, 0.4) is 0 Å². The molecule has 1 saturated carbocycles. The van der Waals surface area contributed by atoms with Gasteiger partial charge in [0, 0.05) is 18.7 Å². The van der Waals surface area contributed by atoms with Crippen molar-refractivity contribution in [3.05, 3.63) is 0 Å². The third kappa shape index (κ3) is 3.96. The molecule has 1 N–H and O–H groups in total. The van der Waals surface area contributed by atoms with Crippen molar-refractivity contribution in [3.63, 3.8) is 0 Å². The van der Waals surface area contributed by atoms with E-state index in [9.17, 15) is 0 Å². The topological polar surface area (TPSA) is 21.3 Å². The third-order valence-corrected chi connectivity index (χ3v) is 4.61. The van der Waals surface area contributed by atoms with Crippen LogP contribution in [0, 0.1) is 11.8 Å². The highest BCUT2D eigenvalue weighted by molar-refractivity contribution is 4.84. The van der Waals surface area contributed by atoms with Crippen LogP contribution in [0.5, 0.6) is 0 Å². The molecule has 0 aromatic rings. The third-order valence-electron chi connectivity index (χ3n) is 4.61. The summed E-state index contributed by atoms with van der Waals surface area (Å²) in [6, 6.07) is 1.47. The fourth-order valence-electron chi connectivity index (χ4n) is 3.47. The van der Waals surface area contributed by atoms with Crippen LogP contribution in [-0.2, 0) is 4.74 Å². The Bertz CT molecular complexity index is 229. The molecule has 1 heterocycles. The summed E-state index contributed by atoms with van der Waals surface area (Å²) >= 11 is 0. The number of hydrogen-bond acceptors (Lipinski definition) is 2. The molecule has 0 radical (unpaired) electrons. The van der Waals surface area contributed by atoms with Gasteiger partial charge in [-0.25, -0.2) is 0 Å². The maximum absolute atomic E-state index is 5.62. The molecular formula is C15H29NO. The van der Waals surface area contributed by atoms with Crippen LogP contribution in [0.4, 0.5) is 0 Å². The van der Waals surface area contributed by atoms with Crippen LogP contribution in [0.2, 0.25) is 0 Å². The molecule has 0 spiro atoms. The van der Waals surface area contributed by atoms with Crippen molar-refractivity contribution in [2.45, 2.75) is 77.5 Å². The minimum absolute atomic E-state index is 0.450. The van der Waals surface area contributed by atoms with Crippen molar-refractivity contribution in [1.29, 1.82) is 0 Å². The number of ether oxygens (including phenoxy) is 1. The Morgan fingerprint density at radius 1 is 1.06 bits per heavy atom. The van der Waals surface area contributed by atoms with E-state index in [1.807, 2.05) is 0 Å². The molecule has 100 valence electrons. The van der Waals surface area contributed by atoms with Gasteiger partial charge >= 0.3 is 0 Å². The molecule has 0 aromatic heterocycles. The predicted molar refractivity (Wildman–Crippen MR) is 72.2 cm³/mol. The summed E-state index contributed by atoms with van der Waals surface area (Å²) in [4.78, 5) is 0. The van der Waals surface area contributed by atoms with Crippen molar-refractivity contribution in [2.24, 2.45) is 11.8 Å². The SMILES string of the molecule is CC1CC(NC2CCCC(C(C)C)C2)CCO1. The molecule has 0 aromatic carbocycles. The van der Waals surface area contributed by atoms with Gasteiger partial charge in [-0.3, -0.25) is 0 Å². The van der Waals surface area contributed by atoms with E-state index in [-0.39, 0.29) is 0 Å². The Hall–Kier alpha value is -0.0800. The highest BCUT2D eigenvalue weighted by Crippen LogP contribution is 2.30. The van der Waals surface area contributed by atoms with Crippen LogP contribution in [0.1, 0.15) is 59.3 Å². The standard InChI is InChI=1S/C15H29NO/c1-11(2)13-5-4-6-14(10-13)16-15-7-8-17-12(3)9-15/h11-16H,4-10H2,1-3H3. The van der Waals surface area contributed by atoms with E-state index < -0.39 is 0 Å². The fraction of sp³-hybridized carbons (Fsp3) is 1.00. The van der Waals surface area contributed by atoms with E-state index in [2.05, 4.69) is 26.1 Å². The molecule has 2 nitrogen and oxygen atoms in total. The van der Waals surface area contributed by atoms with Crippen molar-refractivity contribution < 1.29 is 4.74 Å². The van der Waals surface area contributed by atoms with Gasteiger partial charge in [0.2, 0.25) is 0 Å². The van der Waals surface area contributed by atoms with Crippen LogP contribution >= 0.6 is 0 Å². The summed E-state index contributed by atoms with van der Waals surface area (Å²) in [5.74, 6) is 1.80. The van der Waals surface area contributed by atoms with Gasteiger partial charge in [0.25, 0.3) is 0 Å². The second kappa shape index (κ2) is 6.19. The molecule has 2 rings (SSSR count). The molecule has 4 atom stereocenters. The molecule has 1 aliphatic carbocycles. The molecule has 2 fully saturated rings. The molecular weight excluding hydrogens is 210 g/mol. The molecule has 2 heteroatoms. The van der Waals surface area contributed by atoms with Gasteiger partial charge < -0.3 is 10.1 Å². The van der Waals surface area contributed by atoms with E-state index in [0.717, 1.165) is 24.5 Å². The molecule has 2 aliphatic rings. The summed E-state index contributed by atoms with van der Waals surface area (Å²) in [5, 5.41) is 3.89. The second-order valence-corrected chi connectivity index (χ2v) is 6.44. The quantitative estimate of drug-likeness (QED) is 0.815.